The molecule has 0 amide bonds. The molecule has 1 unspecified atom stereocenters. The van der Waals surface area contributed by atoms with Gasteiger partial charge in [0.2, 0.25) is 0 Å². The molecule has 1 aromatic rings. The van der Waals surface area contributed by atoms with Crippen molar-refractivity contribution in [2.45, 2.75) is 25.2 Å². The Balaban J connectivity index is 2.06. The largest absolute Gasteiger partial charge is 0.0880 e. The maximum Gasteiger partial charge on any atom is 0.0241 e. The van der Waals surface area contributed by atoms with Gasteiger partial charge < -0.3 is 0 Å². The Morgan fingerprint density at radius 1 is 1.21 bits per heavy atom. The van der Waals surface area contributed by atoms with Crippen LogP contribution in [0.4, 0.5) is 0 Å². The third kappa shape index (κ3) is 2.27. The van der Waals surface area contributed by atoms with E-state index in [1.165, 1.54) is 24.8 Å². The van der Waals surface area contributed by atoms with Crippen LogP contribution in [0.15, 0.2) is 42.0 Å². The number of alkyl halides is 1. The monoisotopic (exact) mass is 250 g/mol. The summed E-state index contributed by atoms with van der Waals surface area (Å²) in [4.78, 5) is 0. The van der Waals surface area contributed by atoms with E-state index in [9.17, 15) is 0 Å². The van der Waals surface area contributed by atoms with Crippen molar-refractivity contribution in [1.29, 1.82) is 0 Å². The zero-order valence-corrected chi connectivity index (χ0v) is 9.83. The van der Waals surface area contributed by atoms with Gasteiger partial charge in [0, 0.05) is 5.33 Å². The lowest BCUT2D eigenvalue weighted by Gasteiger charge is -2.21. The summed E-state index contributed by atoms with van der Waals surface area (Å²) in [6.07, 6.45) is 6.17. The lowest BCUT2D eigenvalue weighted by molar-refractivity contribution is 0.601. The van der Waals surface area contributed by atoms with Gasteiger partial charge in [-0.3, -0.25) is 0 Å². The van der Waals surface area contributed by atoms with Crippen LogP contribution in [0.5, 0.6) is 0 Å². The smallest absolute Gasteiger partial charge is 0.0241 e. The van der Waals surface area contributed by atoms with Gasteiger partial charge in [0.1, 0.15) is 0 Å². The fraction of sp³-hybridized carbons (Fsp3) is 0.385. The van der Waals surface area contributed by atoms with Crippen molar-refractivity contribution in [2.75, 3.05) is 5.33 Å². The third-order valence-electron chi connectivity index (χ3n) is 2.95. The zero-order valence-electron chi connectivity index (χ0n) is 8.25. The first-order valence-electron chi connectivity index (χ1n) is 5.19. The van der Waals surface area contributed by atoms with E-state index in [4.69, 9.17) is 0 Å². The Kier molecular flexibility index (Phi) is 3.41. The number of benzene rings is 1. The highest BCUT2D eigenvalue weighted by atomic mass is 79.9. The van der Waals surface area contributed by atoms with Crippen LogP contribution in [0.1, 0.15) is 30.7 Å². The fourth-order valence-corrected chi connectivity index (χ4v) is 2.55. The van der Waals surface area contributed by atoms with Gasteiger partial charge >= 0.3 is 0 Å². The maximum absolute atomic E-state index is 3.52. The van der Waals surface area contributed by atoms with Crippen LogP contribution in [0.3, 0.4) is 0 Å². The summed E-state index contributed by atoms with van der Waals surface area (Å²) in [6, 6.07) is 10.9. The summed E-state index contributed by atoms with van der Waals surface area (Å²) in [5.74, 6) is 0.749. The molecule has 1 atom stereocenters. The number of hydrogen-bond donors (Lipinski definition) is 0. The highest BCUT2D eigenvalue weighted by Crippen LogP contribution is 2.32. The summed E-state index contributed by atoms with van der Waals surface area (Å²) in [6.45, 7) is 0. The second-order valence-corrected chi connectivity index (χ2v) is 4.44. The van der Waals surface area contributed by atoms with Gasteiger partial charge in [-0.05, 0) is 30.7 Å². The van der Waals surface area contributed by atoms with Crippen LogP contribution in [0.2, 0.25) is 0 Å². The molecule has 2 rings (SSSR count). The predicted octanol–water partition coefficient (Wildman–Crippen LogP) is 4.28. The van der Waals surface area contributed by atoms with Gasteiger partial charge in [-0.15, -0.1) is 0 Å². The molecule has 0 aliphatic heterocycles. The van der Waals surface area contributed by atoms with Crippen molar-refractivity contribution in [3.05, 3.63) is 47.5 Å². The molecule has 0 spiro atoms. The highest BCUT2D eigenvalue weighted by Gasteiger charge is 2.14. The predicted molar refractivity (Wildman–Crippen MR) is 64.9 cm³/mol. The minimum Gasteiger partial charge on any atom is -0.0880 e. The lowest BCUT2D eigenvalue weighted by Crippen LogP contribution is -2.04. The number of hydrogen-bond acceptors (Lipinski definition) is 0. The molecule has 14 heavy (non-hydrogen) atoms. The van der Waals surface area contributed by atoms with Gasteiger partial charge in [0.05, 0.1) is 0 Å². The summed E-state index contributed by atoms with van der Waals surface area (Å²) in [5.41, 5.74) is 3.06. The Bertz CT molecular complexity index is 313. The van der Waals surface area contributed by atoms with Crippen LogP contribution in [-0.2, 0) is 0 Å². The van der Waals surface area contributed by atoms with E-state index in [0.717, 1.165) is 11.2 Å². The highest BCUT2D eigenvalue weighted by molar-refractivity contribution is 9.09. The van der Waals surface area contributed by atoms with E-state index in [0.29, 0.717) is 0 Å². The Hall–Kier alpha value is -0.560. The quantitative estimate of drug-likeness (QED) is 0.543. The molecule has 0 radical (unpaired) electrons. The van der Waals surface area contributed by atoms with Gasteiger partial charge in [-0.25, -0.2) is 0 Å². The minimum atomic E-state index is 0.749. The second kappa shape index (κ2) is 4.79. The lowest BCUT2D eigenvalue weighted by atomic mass is 9.85. The first kappa shape index (κ1) is 9.97. The van der Waals surface area contributed by atoms with E-state index in [1.54, 1.807) is 5.57 Å². The van der Waals surface area contributed by atoms with Gasteiger partial charge in [0.15, 0.2) is 0 Å². The van der Waals surface area contributed by atoms with Crippen LogP contribution in [0.25, 0.3) is 0 Å². The first-order valence-corrected chi connectivity index (χ1v) is 6.31. The topological polar surface area (TPSA) is 0 Å². The number of halogens is 1. The molecule has 0 fully saturated rings. The van der Waals surface area contributed by atoms with Crippen molar-refractivity contribution < 1.29 is 0 Å². The molecule has 1 aromatic carbocycles. The van der Waals surface area contributed by atoms with E-state index in [2.05, 4.69) is 52.3 Å². The Labute approximate surface area is 94.2 Å². The molecule has 0 bridgehead atoms. The molecular formula is C13H15Br. The van der Waals surface area contributed by atoms with Crippen LogP contribution < -0.4 is 0 Å². The van der Waals surface area contributed by atoms with Crippen molar-refractivity contribution >= 4 is 15.9 Å². The molecule has 0 saturated carbocycles. The summed E-state index contributed by atoms with van der Waals surface area (Å²) in [5, 5.41) is 1.05. The standard InChI is InChI=1S/C13H15Br/c14-10-11-6-8-13(9-7-11)12-4-2-1-3-5-12/h1-6,13H,7-10H2. The summed E-state index contributed by atoms with van der Waals surface area (Å²) >= 11 is 3.52. The van der Waals surface area contributed by atoms with Gasteiger partial charge in [0.25, 0.3) is 0 Å². The van der Waals surface area contributed by atoms with Crippen molar-refractivity contribution in [1.82, 2.24) is 0 Å². The maximum atomic E-state index is 3.52. The third-order valence-corrected chi connectivity index (χ3v) is 3.67. The molecule has 0 aromatic heterocycles. The summed E-state index contributed by atoms with van der Waals surface area (Å²) < 4.78 is 0. The van der Waals surface area contributed by atoms with Crippen molar-refractivity contribution in [2.24, 2.45) is 0 Å². The number of rotatable bonds is 2. The molecule has 0 saturated heterocycles. The molecule has 1 aliphatic rings. The van der Waals surface area contributed by atoms with E-state index < -0.39 is 0 Å². The molecule has 1 heteroatoms. The van der Waals surface area contributed by atoms with Crippen molar-refractivity contribution in [3.8, 4) is 0 Å². The fourth-order valence-electron chi connectivity index (χ4n) is 2.04. The van der Waals surface area contributed by atoms with Crippen LogP contribution >= 0.6 is 15.9 Å². The van der Waals surface area contributed by atoms with E-state index >= 15 is 0 Å². The first-order chi connectivity index (χ1) is 6.90. The molecule has 0 heterocycles. The van der Waals surface area contributed by atoms with Crippen molar-refractivity contribution in [3.63, 3.8) is 0 Å². The normalized spacial score (nSPS) is 21.8. The molecular weight excluding hydrogens is 236 g/mol. The van der Waals surface area contributed by atoms with Crippen LogP contribution in [0, 0.1) is 0 Å². The van der Waals surface area contributed by atoms with E-state index in [-0.39, 0.29) is 0 Å². The average Bonchev–Trinajstić information content (AvgIpc) is 2.30. The van der Waals surface area contributed by atoms with Crippen LogP contribution in [-0.4, -0.2) is 5.33 Å². The number of allylic oxidation sites excluding steroid dienone is 2. The zero-order chi connectivity index (χ0) is 9.80. The van der Waals surface area contributed by atoms with Gasteiger partial charge in [-0.1, -0.05) is 57.9 Å². The Morgan fingerprint density at radius 3 is 2.57 bits per heavy atom. The average molecular weight is 251 g/mol. The second-order valence-electron chi connectivity index (χ2n) is 3.88. The molecule has 74 valence electrons. The van der Waals surface area contributed by atoms with Gasteiger partial charge in [-0.2, -0.15) is 0 Å². The van der Waals surface area contributed by atoms with E-state index in [1.807, 2.05) is 0 Å². The molecule has 0 N–H and O–H groups in total. The minimum absolute atomic E-state index is 0.749. The molecule has 0 nitrogen and oxygen atoms in total. The summed E-state index contributed by atoms with van der Waals surface area (Å²) in [7, 11) is 0. The Morgan fingerprint density at radius 2 is 2.00 bits per heavy atom. The SMILES string of the molecule is BrCC1=CCC(c2ccccc2)CC1. The molecule has 1 aliphatic carbocycles.